The molecule has 2 rings (SSSR count). The molecule has 0 saturated carbocycles. The normalized spacial score (nSPS) is 14.6. The van der Waals surface area contributed by atoms with Gasteiger partial charge in [0.15, 0.2) is 0 Å². The third-order valence-corrected chi connectivity index (χ3v) is 4.25. The SMILES string of the molecule is CCCC(C(N)=O)N1Cc2cc(OCCCCCO)ccc2C1=O. The highest BCUT2D eigenvalue weighted by Crippen LogP contribution is 2.29. The van der Waals surface area contributed by atoms with Crippen LogP contribution in [0.3, 0.4) is 0 Å². The highest BCUT2D eigenvalue weighted by Gasteiger charge is 2.35. The Morgan fingerprint density at radius 1 is 1.38 bits per heavy atom. The van der Waals surface area contributed by atoms with Crippen molar-refractivity contribution < 1.29 is 19.4 Å². The number of fused-ring (bicyclic) bond motifs is 1. The third-order valence-electron chi connectivity index (χ3n) is 4.25. The molecule has 1 atom stereocenters. The van der Waals surface area contributed by atoms with Gasteiger partial charge in [-0.05, 0) is 49.4 Å². The Labute approximate surface area is 142 Å². The lowest BCUT2D eigenvalue weighted by Gasteiger charge is -2.24. The summed E-state index contributed by atoms with van der Waals surface area (Å²) >= 11 is 0. The Kier molecular flexibility index (Phi) is 6.61. The van der Waals surface area contributed by atoms with E-state index in [1.807, 2.05) is 13.0 Å². The summed E-state index contributed by atoms with van der Waals surface area (Å²) < 4.78 is 5.70. The molecule has 0 radical (unpaired) electrons. The largest absolute Gasteiger partial charge is 0.494 e. The second-order valence-corrected chi connectivity index (χ2v) is 6.09. The zero-order valence-corrected chi connectivity index (χ0v) is 14.2. The van der Waals surface area contributed by atoms with E-state index >= 15 is 0 Å². The molecule has 3 N–H and O–H groups in total. The van der Waals surface area contributed by atoms with E-state index in [4.69, 9.17) is 15.6 Å². The van der Waals surface area contributed by atoms with Crippen LogP contribution in [0.25, 0.3) is 0 Å². The third kappa shape index (κ3) is 4.26. The topological polar surface area (TPSA) is 92.9 Å². The molecule has 6 nitrogen and oxygen atoms in total. The molecule has 0 bridgehead atoms. The minimum absolute atomic E-state index is 0.142. The summed E-state index contributed by atoms with van der Waals surface area (Å²) in [6.45, 7) is 3.14. The first-order valence-corrected chi connectivity index (χ1v) is 8.55. The van der Waals surface area contributed by atoms with Crippen LogP contribution in [0.4, 0.5) is 0 Å². The Hall–Kier alpha value is -2.08. The molecule has 1 aromatic carbocycles. The van der Waals surface area contributed by atoms with Crippen LogP contribution in [0.1, 0.15) is 54.9 Å². The molecule has 132 valence electrons. The number of hydrogen-bond donors (Lipinski definition) is 2. The fraction of sp³-hybridized carbons (Fsp3) is 0.556. The molecule has 0 fully saturated rings. The van der Waals surface area contributed by atoms with Crippen molar-refractivity contribution in [3.8, 4) is 5.75 Å². The molecule has 0 saturated heterocycles. The van der Waals surface area contributed by atoms with E-state index in [-0.39, 0.29) is 12.5 Å². The molecular formula is C18H26N2O4. The predicted octanol–water partition coefficient (Wildman–Crippen LogP) is 1.84. The van der Waals surface area contributed by atoms with Crippen LogP contribution < -0.4 is 10.5 Å². The summed E-state index contributed by atoms with van der Waals surface area (Å²) in [5.74, 6) is 0.119. The van der Waals surface area contributed by atoms with Crippen LogP contribution in [0.5, 0.6) is 5.75 Å². The van der Waals surface area contributed by atoms with E-state index in [1.54, 1.807) is 17.0 Å². The van der Waals surface area contributed by atoms with Crippen molar-refractivity contribution in [1.29, 1.82) is 0 Å². The number of aliphatic hydroxyl groups is 1. The van der Waals surface area contributed by atoms with Gasteiger partial charge in [0, 0.05) is 18.7 Å². The summed E-state index contributed by atoms with van der Waals surface area (Å²) in [7, 11) is 0. The van der Waals surface area contributed by atoms with E-state index in [0.717, 1.165) is 37.0 Å². The van der Waals surface area contributed by atoms with E-state index in [0.29, 0.717) is 25.1 Å². The van der Waals surface area contributed by atoms with Crippen molar-refractivity contribution in [3.63, 3.8) is 0 Å². The van der Waals surface area contributed by atoms with Crippen LogP contribution in [-0.2, 0) is 11.3 Å². The molecule has 0 aromatic heterocycles. The molecule has 6 heteroatoms. The molecule has 1 unspecified atom stereocenters. The second-order valence-electron chi connectivity index (χ2n) is 6.09. The summed E-state index contributed by atoms with van der Waals surface area (Å²) in [6.07, 6.45) is 3.94. The zero-order valence-electron chi connectivity index (χ0n) is 14.2. The Morgan fingerprint density at radius 2 is 2.17 bits per heavy atom. The molecular weight excluding hydrogens is 308 g/mol. The maximum absolute atomic E-state index is 12.5. The summed E-state index contributed by atoms with van der Waals surface area (Å²) in [6, 6.07) is 4.84. The van der Waals surface area contributed by atoms with Crippen molar-refractivity contribution in [2.75, 3.05) is 13.2 Å². The van der Waals surface area contributed by atoms with Crippen molar-refractivity contribution >= 4 is 11.8 Å². The van der Waals surface area contributed by atoms with Crippen LogP contribution in [-0.4, -0.2) is 41.1 Å². The van der Waals surface area contributed by atoms with Gasteiger partial charge in [0.25, 0.3) is 5.91 Å². The van der Waals surface area contributed by atoms with Crippen molar-refractivity contribution in [2.24, 2.45) is 5.73 Å². The lowest BCUT2D eigenvalue weighted by Crippen LogP contribution is -2.44. The molecule has 24 heavy (non-hydrogen) atoms. The maximum Gasteiger partial charge on any atom is 0.255 e. The number of carbonyl (C=O) groups is 2. The molecule has 0 spiro atoms. The summed E-state index contributed by atoms with van der Waals surface area (Å²) in [5.41, 5.74) is 6.95. The number of carbonyl (C=O) groups excluding carboxylic acids is 2. The van der Waals surface area contributed by atoms with Gasteiger partial charge in [0.2, 0.25) is 5.91 Å². The van der Waals surface area contributed by atoms with Crippen LogP contribution >= 0.6 is 0 Å². The molecule has 1 heterocycles. The predicted molar refractivity (Wildman–Crippen MR) is 90.6 cm³/mol. The van der Waals surface area contributed by atoms with Gasteiger partial charge < -0.3 is 20.5 Å². The van der Waals surface area contributed by atoms with Crippen molar-refractivity contribution in [2.45, 2.75) is 51.6 Å². The number of nitrogens with zero attached hydrogens (tertiary/aromatic N) is 1. The first-order chi connectivity index (χ1) is 11.6. The van der Waals surface area contributed by atoms with Crippen LogP contribution in [0.2, 0.25) is 0 Å². The number of nitrogens with two attached hydrogens (primary N) is 1. The average molecular weight is 334 g/mol. The van der Waals surface area contributed by atoms with Gasteiger partial charge in [-0.15, -0.1) is 0 Å². The number of benzene rings is 1. The Bertz CT molecular complexity index is 588. The maximum atomic E-state index is 12.5. The monoisotopic (exact) mass is 334 g/mol. The summed E-state index contributed by atoms with van der Waals surface area (Å²) in [4.78, 5) is 25.7. The Balaban J connectivity index is 2.01. The first kappa shape index (κ1) is 18.3. The molecule has 2 amide bonds. The highest BCUT2D eigenvalue weighted by atomic mass is 16.5. The second kappa shape index (κ2) is 8.68. The Morgan fingerprint density at radius 3 is 2.83 bits per heavy atom. The van der Waals surface area contributed by atoms with Gasteiger partial charge in [-0.1, -0.05) is 13.3 Å². The molecule has 0 aliphatic carbocycles. The number of hydrogen-bond acceptors (Lipinski definition) is 4. The molecule has 1 aliphatic rings. The summed E-state index contributed by atoms with van der Waals surface area (Å²) in [5, 5.41) is 8.75. The lowest BCUT2D eigenvalue weighted by atomic mass is 10.1. The van der Waals surface area contributed by atoms with Gasteiger partial charge in [-0.2, -0.15) is 0 Å². The quantitative estimate of drug-likeness (QED) is 0.639. The minimum atomic E-state index is -0.558. The average Bonchev–Trinajstić information content (AvgIpc) is 2.88. The minimum Gasteiger partial charge on any atom is -0.494 e. The first-order valence-electron chi connectivity index (χ1n) is 8.55. The fourth-order valence-corrected chi connectivity index (χ4v) is 2.97. The molecule has 1 aliphatic heterocycles. The van der Waals surface area contributed by atoms with Gasteiger partial charge in [0.1, 0.15) is 11.8 Å². The van der Waals surface area contributed by atoms with Crippen molar-refractivity contribution in [1.82, 2.24) is 4.90 Å². The number of aliphatic hydroxyl groups excluding tert-OH is 1. The number of ether oxygens (including phenoxy) is 1. The van der Waals surface area contributed by atoms with Crippen LogP contribution in [0, 0.1) is 0 Å². The lowest BCUT2D eigenvalue weighted by molar-refractivity contribution is -0.122. The van der Waals surface area contributed by atoms with E-state index in [1.165, 1.54) is 0 Å². The van der Waals surface area contributed by atoms with Gasteiger partial charge in [0.05, 0.1) is 6.61 Å². The smallest absolute Gasteiger partial charge is 0.255 e. The van der Waals surface area contributed by atoms with E-state index in [9.17, 15) is 9.59 Å². The number of amides is 2. The van der Waals surface area contributed by atoms with E-state index < -0.39 is 11.9 Å². The van der Waals surface area contributed by atoms with Crippen molar-refractivity contribution in [3.05, 3.63) is 29.3 Å². The van der Waals surface area contributed by atoms with Crippen LogP contribution in [0.15, 0.2) is 18.2 Å². The fourth-order valence-electron chi connectivity index (χ4n) is 2.97. The zero-order chi connectivity index (χ0) is 17.5. The van der Waals surface area contributed by atoms with Gasteiger partial charge in [-0.25, -0.2) is 0 Å². The number of primary amides is 1. The highest BCUT2D eigenvalue weighted by molar-refractivity contribution is 6.01. The number of rotatable bonds is 10. The standard InChI is InChI=1S/C18H26N2O4/c1-2-6-16(17(19)22)20-12-13-11-14(7-8-15(13)18(20)23)24-10-5-3-4-9-21/h7-8,11,16,21H,2-6,9-10,12H2,1H3,(H2,19,22). The van der Waals surface area contributed by atoms with Gasteiger partial charge in [-0.3, -0.25) is 9.59 Å². The van der Waals surface area contributed by atoms with Gasteiger partial charge >= 0.3 is 0 Å². The number of unbranched alkanes of at least 4 members (excludes halogenated alkanes) is 2. The van der Waals surface area contributed by atoms with E-state index in [2.05, 4.69) is 0 Å². The molecule has 1 aromatic rings.